The average molecular weight is 235 g/mol. The topological polar surface area (TPSA) is 69.6 Å². The molecular formula is C11H14FN5. The Morgan fingerprint density at radius 2 is 2.18 bits per heavy atom. The Morgan fingerprint density at radius 1 is 1.41 bits per heavy atom. The minimum atomic E-state index is -0.325. The molecule has 0 saturated carbocycles. The van der Waals surface area contributed by atoms with Crippen LogP contribution in [0.2, 0.25) is 0 Å². The summed E-state index contributed by atoms with van der Waals surface area (Å²) in [5.41, 5.74) is 7.59. The summed E-state index contributed by atoms with van der Waals surface area (Å²) in [5, 5.41) is 11.6. The molecule has 6 heteroatoms. The molecule has 0 fully saturated rings. The Labute approximate surface area is 98.4 Å². The third kappa shape index (κ3) is 2.85. The fourth-order valence-electron chi connectivity index (χ4n) is 1.70. The Kier molecular flexibility index (Phi) is 3.14. The van der Waals surface area contributed by atoms with Crippen LogP contribution in [0.15, 0.2) is 18.2 Å². The van der Waals surface area contributed by atoms with Crippen molar-refractivity contribution in [1.82, 2.24) is 20.2 Å². The molecule has 0 aliphatic heterocycles. The molecule has 1 atom stereocenters. The molecule has 2 aromatic rings. The van der Waals surface area contributed by atoms with E-state index in [0.717, 1.165) is 11.1 Å². The van der Waals surface area contributed by atoms with Gasteiger partial charge < -0.3 is 5.73 Å². The molecule has 0 spiro atoms. The van der Waals surface area contributed by atoms with E-state index in [-0.39, 0.29) is 11.9 Å². The molecule has 1 heterocycles. The maximum Gasteiger partial charge on any atom is 0.176 e. The summed E-state index contributed by atoms with van der Waals surface area (Å²) < 4.78 is 13.2. The number of aryl methyl sites for hydroxylation is 2. The van der Waals surface area contributed by atoms with Gasteiger partial charge in [-0.25, -0.2) is 4.39 Å². The molecule has 1 aromatic carbocycles. The number of nitrogens with two attached hydrogens (primary N) is 1. The summed E-state index contributed by atoms with van der Waals surface area (Å²) >= 11 is 0. The molecule has 5 nitrogen and oxygen atoms in total. The van der Waals surface area contributed by atoms with Gasteiger partial charge in [0.1, 0.15) is 5.82 Å². The van der Waals surface area contributed by atoms with Gasteiger partial charge in [-0.1, -0.05) is 6.07 Å². The second kappa shape index (κ2) is 4.58. The van der Waals surface area contributed by atoms with Crippen LogP contribution < -0.4 is 5.73 Å². The monoisotopic (exact) mass is 235 g/mol. The standard InChI is InChI=1S/C11H14FN5/c1-7-3-8(5-9(12)4-7)10(13)6-11-14-16-17(2)15-11/h3-5,10H,6,13H2,1-2H3. The lowest BCUT2D eigenvalue weighted by Crippen LogP contribution is -2.15. The number of halogens is 1. The van der Waals surface area contributed by atoms with E-state index in [1.54, 1.807) is 7.05 Å². The van der Waals surface area contributed by atoms with Crippen LogP contribution in [0, 0.1) is 12.7 Å². The second-order valence-electron chi connectivity index (χ2n) is 4.07. The quantitative estimate of drug-likeness (QED) is 0.858. The first-order valence-corrected chi connectivity index (χ1v) is 5.30. The summed E-state index contributed by atoms with van der Waals surface area (Å²) in [4.78, 5) is 1.37. The summed E-state index contributed by atoms with van der Waals surface area (Å²) in [6.45, 7) is 1.83. The van der Waals surface area contributed by atoms with E-state index in [1.165, 1.54) is 16.9 Å². The fraction of sp³-hybridized carbons (Fsp3) is 0.364. The van der Waals surface area contributed by atoms with Crippen LogP contribution in [0.5, 0.6) is 0 Å². The SMILES string of the molecule is Cc1cc(F)cc(C(N)Cc2nnn(C)n2)c1. The van der Waals surface area contributed by atoms with Gasteiger partial charge in [0.25, 0.3) is 0 Å². The first-order chi connectivity index (χ1) is 8.04. The highest BCUT2D eigenvalue weighted by Gasteiger charge is 2.12. The van der Waals surface area contributed by atoms with Crippen LogP contribution in [0.25, 0.3) is 0 Å². The van der Waals surface area contributed by atoms with Gasteiger partial charge >= 0.3 is 0 Å². The maximum atomic E-state index is 13.2. The molecule has 0 radical (unpaired) electrons. The van der Waals surface area contributed by atoms with E-state index >= 15 is 0 Å². The van der Waals surface area contributed by atoms with Gasteiger partial charge in [-0.2, -0.15) is 4.80 Å². The van der Waals surface area contributed by atoms with Crippen molar-refractivity contribution in [2.24, 2.45) is 12.8 Å². The van der Waals surface area contributed by atoms with Crippen molar-refractivity contribution < 1.29 is 4.39 Å². The van der Waals surface area contributed by atoms with Gasteiger partial charge in [-0.15, -0.1) is 10.2 Å². The van der Waals surface area contributed by atoms with E-state index in [4.69, 9.17) is 5.73 Å². The summed E-state index contributed by atoms with van der Waals surface area (Å²) in [6, 6.07) is 4.45. The van der Waals surface area contributed by atoms with E-state index in [1.807, 2.05) is 13.0 Å². The summed E-state index contributed by atoms with van der Waals surface area (Å²) in [6.07, 6.45) is 0.441. The molecule has 90 valence electrons. The van der Waals surface area contributed by atoms with Crippen LogP contribution in [-0.4, -0.2) is 20.2 Å². The zero-order valence-electron chi connectivity index (χ0n) is 9.76. The highest BCUT2D eigenvalue weighted by atomic mass is 19.1. The Balaban J connectivity index is 2.16. The van der Waals surface area contributed by atoms with Gasteiger partial charge in [0.2, 0.25) is 0 Å². The van der Waals surface area contributed by atoms with Crippen LogP contribution in [0.4, 0.5) is 4.39 Å². The molecule has 1 aromatic heterocycles. The fourth-order valence-corrected chi connectivity index (χ4v) is 1.70. The van der Waals surface area contributed by atoms with Crippen molar-refractivity contribution in [2.75, 3.05) is 0 Å². The second-order valence-corrected chi connectivity index (χ2v) is 4.07. The summed E-state index contributed by atoms with van der Waals surface area (Å²) in [5.74, 6) is 0.282. The average Bonchev–Trinajstić information content (AvgIpc) is 2.62. The molecule has 0 aliphatic carbocycles. The zero-order chi connectivity index (χ0) is 12.4. The van der Waals surface area contributed by atoms with Crippen LogP contribution in [0.1, 0.15) is 23.0 Å². The van der Waals surface area contributed by atoms with E-state index < -0.39 is 0 Å². The molecule has 0 saturated heterocycles. The van der Waals surface area contributed by atoms with Crippen molar-refractivity contribution in [1.29, 1.82) is 0 Å². The smallest absolute Gasteiger partial charge is 0.176 e. The van der Waals surface area contributed by atoms with Crippen molar-refractivity contribution in [3.8, 4) is 0 Å². The predicted molar refractivity (Wildman–Crippen MR) is 60.6 cm³/mol. The number of benzene rings is 1. The maximum absolute atomic E-state index is 13.2. The molecule has 0 aliphatic rings. The number of rotatable bonds is 3. The first kappa shape index (κ1) is 11.7. The molecule has 2 N–H and O–H groups in total. The normalized spacial score (nSPS) is 12.7. The van der Waals surface area contributed by atoms with Gasteiger partial charge in [0.15, 0.2) is 5.82 Å². The van der Waals surface area contributed by atoms with Crippen molar-refractivity contribution in [3.63, 3.8) is 0 Å². The third-order valence-corrected chi connectivity index (χ3v) is 2.44. The number of tetrazole rings is 1. The van der Waals surface area contributed by atoms with Crippen LogP contribution in [-0.2, 0) is 13.5 Å². The minimum Gasteiger partial charge on any atom is -0.324 e. The van der Waals surface area contributed by atoms with Gasteiger partial charge in [-0.05, 0) is 35.4 Å². The van der Waals surface area contributed by atoms with Crippen molar-refractivity contribution in [2.45, 2.75) is 19.4 Å². The van der Waals surface area contributed by atoms with E-state index in [9.17, 15) is 4.39 Å². The minimum absolute atomic E-state index is 0.275. The van der Waals surface area contributed by atoms with E-state index in [0.29, 0.717) is 12.2 Å². The molecule has 2 rings (SSSR count). The van der Waals surface area contributed by atoms with Crippen LogP contribution >= 0.6 is 0 Å². The summed E-state index contributed by atoms with van der Waals surface area (Å²) in [7, 11) is 1.69. The first-order valence-electron chi connectivity index (χ1n) is 5.30. The number of nitrogens with zero attached hydrogens (tertiary/aromatic N) is 4. The largest absolute Gasteiger partial charge is 0.324 e. The van der Waals surface area contributed by atoms with Gasteiger partial charge in [0.05, 0.1) is 7.05 Å². The molecule has 17 heavy (non-hydrogen) atoms. The van der Waals surface area contributed by atoms with Crippen molar-refractivity contribution >= 4 is 0 Å². The lowest BCUT2D eigenvalue weighted by Gasteiger charge is -2.10. The highest BCUT2D eigenvalue weighted by Crippen LogP contribution is 2.17. The molecular weight excluding hydrogens is 221 g/mol. The van der Waals surface area contributed by atoms with E-state index in [2.05, 4.69) is 15.4 Å². The van der Waals surface area contributed by atoms with Crippen molar-refractivity contribution in [3.05, 3.63) is 41.0 Å². The number of aromatic nitrogens is 4. The highest BCUT2D eigenvalue weighted by molar-refractivity contribution is 5.26. The predicted octanol–water partition coefficient (Wildman–Crippen LogP) is 0.900. The number of hydrogen-bond acceptors (Lipinski definition) is 4. The Bertz CT molecular complexity index is 502. The molecule has 0 amide bonds. The Morgan fingerprint density at radius 3 is 2.76 bits per heavy atom. The lowest BCUT2D eigenvalue weighted by atomic mass is 10.0. The molecule has 1 unspecified atom stereocenters. The molecule has 0 bridgehead atoms. The lowest BCUT2D eigenvalue weighted by molar-refractivity contribution is 0.610. The Hall–Kier alpha value is -1.82. The van der Waals surface area contributed by atoms with Gasteiger partial charge in [0, 0.05) is 12.5 Å². The number of hydrogen-bond donors (Lipinski definition) is 1. The van der Waals surface area contributed by atoms with Gasteiger partial charge in [-0.3, -0.25) is 0 Å². The zero-order valence-corrected chi connectivity index (χ0v) is 9.76. The van der Waals surface area contributed by atoms with Crippen LogP contribution in [0.3, 0.4) is 0 Å². The third-order valence-electron chi connectivity index (χ3n) is 2.44.